The Morgan fingerprint density at radius 2 is 1.33 bits per heavy atom. The molecule has 1 unspecified atom stereocenters. The molecule has 0 fully saturated rings. The first-order valence-electron chi connectivity index (χ1n) is 12.0. The third kappa shape index (κ3) is 8.03. The molecule has 2 rings (SSSR count). The molecule has 0 N–H and O–H groups in total. The molecule has 0 spiro atoms. The second kappa shape index (κ2) is 11.3. The van der Waals surface area contributed by atoms with E-state index in [1.54, 1.807) is 0 Å². The zero-order chi connectivity index (χ0) is 24.8. The van der Waals surface area contributed by atoms with Crippen LogP contribution in [0.4, 0.5) is 0 Å². The van der Waals surface area contributed by atoms with E-state index >= 15 is 0 Å². The molecule has 0 radical (unpaired) electrons. The van der Waals surface area contributed by atoms with Gasteiger partial charge in [-0.3, -0.25) is 4.79 Å². The van der Waals surface area contributed by atoms with Gasteiger partial charge >= 0.3 is 14.5 Å². The van der Waals surface area contributed by atoms with Crippen LogP contribution in [0.1, 0.15) is 33.6 Å². The molecular weight excluding hydrogens is 461 g/mol. The third-order valence-electron chi connectivity index (χ3n) is 6.28. The zero-order valence-corrected chi connectivity index (χ0v) is 24.7. The standard InChI is InChI=1S/C26H42O4Si3/c1-9-26(2,3)25(27)28-21-16-22-31(4,5)29-33(8,24-19-14-11-15-20-24)30-32(6,7)23-17-12-10-13-18-23/h10-15,17-20H,9,16,21-22H2,1-8H3. The van der Waals surface area contributed by atoms with Crippen molar-refractivity contribution in [3.05, 3.63) is 60.7 Å². The van der Waals surface area contributed by atoms with E-state index in [4.69, 9.17) is 13.0 Å². The van der Waals surface area contributed by atoms with Gasteiger partial charge in [0.25, 0.3) is 0 Å². The van der Waals surface area contributed by atoms with Gasteiger partial charge in [-0.25, -0.2) is 0 Å². The van der Waals surface area contributed by atoms with Crippen LogP contribution in [0.3, 0.4) is 0 Å². The van der Waals surface area contributed by atoms with E-state index in [9.17, 15) is 4.79 Å². The summed E-state index contributed by atoms with van der Waals surface area (Å²) in [5.41, 5.74) is -0.427. The number of esters is 1. The van der Waals surface area contributed by atoms with E-state index in [-0.39, 0.29) is 5.97 Å². The van der Waals surface area contributed by atoms with Crippen LogP contribution >= 0.6 is 0 Å². The van der Waals surface area contributed by atoms with Crippen molar-refractivity contribution in [3.8, 4) is 0 Å². The lowest BCUT2D eigenvalue weighted by Crippen LogP contribution is -2.64. The molecule has 1 atom stereocenters. The van der Waals surface area contributed by atoms with E-state index in [0.717, 1.165) is 18.9 Å². The number of benzene rings is 2. The fraction of sp³-hybridized carbons (Fsp3) is 0.500. The van der Waals surface area contributed by atoms with Crippen molar-refractivity contribution in [2.45, 2.75) is 72.4 Å². The fourth-order valence-electron chi connectivity index (χ4n) is 3.85. The highest BCUT2D eigenvalue weighted by Gasteiger charge is 2.45. The molecule has 0 heterocycles. The Labute approximate surface area is 204 Å². The van der Waals surface area contributed by atoms with Gasteiger partial charge in [-0.05, 0) is 75.8 Å². The first-order valence-corrected chi connectivity index (χ1v) is 20.3. The first kappa shape index (κ1) is 27.7. The summed E-state index contributed by atoms with van der Waals surface area (Å²) in [6.45, 7) is 17.5. The van der Waals surface area contributed by atoms with Crippen LogP contribution in [-0.2, 0) is 17.8 Å². The number of carbonyl (C=O) groups excluding carboxylic acids is 1. The first-order chi connectivity index (χ1) is 15.3. The summed E-state index contributed by atoms with van der Waals surface area (Å²) in [5.74, 6) is -0.118. The minimum atomic E-state index is -2.68. The molecule has 0 aliphatic rings. The van der Waals surface area contributed by atoms with Crippen molar-refractivity contribution in [2.24, 2.45) is 5.41 Å². The summed E-state index contributed by atoms with van der Waals surface area (Å²) in [7, 11) is -6.95. The van der Waals surface area contributed by atoms with Crippen LogP contribution in [-0.4, -0.2) is 37.8 Å². The Morgan fingerprint density at radius 1 is 0.818 bits per heavy atom. The molecule has 2 aromatic rings. The summed E-state index contributed by atoms with van der Waals surface area (Å²) >= 11 is 0. The maximum Gasteiger partial charge on any atom is 0.348 e. The van der Waals surface area contributed by atoms with Gasteiger partial charge in [-0.2, -0.15) is 0 Å². The molecule has 0 aromatic heterocycles. The highest BCUT2D eigenvalue weighted by Crippen LogP contribution is 2.25. The molecule has 2 aromatic carbocycles. The molecule has 182 valence electrons. The minimum absolute atomic E-state index is 0.118. The van der Waals surface area contributed by atoms with E-state index in [0.29, 0.717) is 6.61 Å². The lowest BCUT2D eigenvalue weighted by Gasteiger charge is -2.41. The van der Waals surface area contributed by atoms with Gasteiger partial charge in [-0.1, -0.05) is 67.6 Å². The number of hydrogen-bond acceptors (Lipinski definition) is 4. The van der Waals surface area contributed by atoms with Gasteiger partial charge in [0.15, 0.2) is 8.32 Å². The maximum absolute atomic E-state index is 12.3. The number of carbonyl (C=O) groups is 1. The minimum Gasteiger partial charge on any atom is -0.465 e. The predicted octanol–water partition coefficient (Wildman–Crippen LogP) is 5.69. The summed E-state index contributed by atoms with van der Waals surface area (Å²) < 4.78 is 19.6. The average molecular weight is 503 g/mol. The maximum atomic E-state index is 12.3. The quantitative estimate of drug-likeness (QED) is 0.213. The highest BCUT2D eigenvalue weighted by molar-refractivity contribution is 6.98. The van der Waals surface area contributed by atoms with Crippen LogP contribution in [0.2, 0.25) is 38.8 Å². The molecule has 0 bridgehead atoms. The molecule has 7 heteroatoms. The monoisotopic (exact) mass is 502 g/mol. The van der Waals surface area contributed by atoms with Crippen molar-refractivity contribution in [2.75, 3.05) is 6.61 Å². The Balaban J connectivity index is 2.13. The Kier molecular flexibility index (Phi) is 9.47. The van der Waals surface area contributed by atoms with Gasteiger partial charge in [0.2, 0.25) is 8.32 Å². The van der Waals surface area contributed by atoms with Crippen molar-refractivity contribution in [1.82, 2.24) is 0 Å². The molecule has 0 amide bonds. The van der Waals surface area contributed by atoms with Gasteiger partial charge < -0.3 is 13.0 Å². The van der Waals surface area contributed by atoms with Gasteiger partial charge in [0, 0.05) is 0 Å². The third-order valence-corrected chi connectivity index (χ3v) is 18.3. The largest absolute Gasteiger partial charge is 0.465 e. The average Bonchev–Trinajstić information content (AvgIpc) is 2.77. The highest BCUT2D eigenvalue weighted by atomic mass is 28.5. The summed E-state index contributed by atoms with van der Waals surface area (Å²) in [4.78, 5) is 12.3. The smallest absolute Gasteiger partial charge is 0.348 e. The summed E-state index contributed by atoms with van der Waals surface area (Å²) in [6.07, 6.45) is 1.58. The van der Waals surface area contributed by atoms with Crippen molar-refractivity contribution in [3.63, 3.8) is 0 Å². The van der Waals surface area contributed by atoms with Crippen LogP contribution in [0.5, 0.6) is 0 Å². The number of rotatable bonds is 12. The van der Waals surface area contributed by atoms with E-state index < -0.39 is 30.6 Å². The number of hydrogen-bond donors (Lipinski definition) is 0. The normalized spacial score (nSPS) is 14.5. The Hall–Kier alpha value is -1.52. The van der Waals surface area contributed by atoms with Gasteiger partial charge in [-0.15, -0.1) is 0 Å². The molecule has 33 heavy (non-hydrogen) atoms. The van der Waals surface area contributed by atoms with Crippen molar-refractivity contribution < 1.29 is 17.8 Å². The van der Waals surface area contributed by atoms with Crippen LogP contribution < -0.4 is 10.4 Å². The predicted molar refractivity (Wildman–Crippen MR) is 145 cm³/mol. The van der Waals surface area contributed by atoms with Crippen molar-refractivity contribution >= 4 is 41.5 Å². The lowest BCUT2D eigenvalue weighted by atomic mass is 9.91. The van der Waals surface area contributed by atoms with E-state index in [2.05, 4.69) is 81.3 Å². The van der Waals surface area contributed by atoms with Gasteiger partial charge in [0.05, 0.1) is 12.0 Å². The Morgan fingerprint density at radius 3 is 1.85 bits per heavy atom. The Bertz CT molecular complexity index is 885. The molecule has 0 aliphatic heterocycles. The topological polar surface area (TPSA) is 44.8 Å². The van der Waals surface area contributed by atoms with Crippen LogP contribution in [0, 0.1) is 5.41 Å². The zero-order valence-electron chi connectivity index (χ0n) is 21.7. The molecule has 4 nitrogen and oxygen atoms in total. The summed E-state index contributed by atoms with van der Waals surface area (Å²) in [5, 5.41) is 2.44. The van der Waals surface area contributed by atoms with Gasteiger partial charge in [0.1, 0.15) is 0 Å². The molecule has 0 saturated carbocycles. The lowest BCUT2D eigenvalue weighted by molar-refractivity contribution is -0.154. The number of ether oxygens (including phenoxy) is 1. The molecule has 0 aliphatic carbocycles. The molecule has 0 saturated heterocycles. The van der Waals surface area contributed by atoms with E-state index in [1.165, 1.54) is 10.4 Å². The summed E-state index contributed by atoms with van der Waals surface area (Å²) in [6, 6.07) is 21.9. The fourth-order valence-corrected chi connectivity index (χ4v) is 17.1. The molecular formula is C26H42O4Si3. The SMILES string of the molecule is CCC(C)(C)C(=O)OCCC[Si](C)(C)O[Si](C)(O[Si](C)(C)c1ccccc1)c1ccccc1. The second-order valence-electron chi connectivity index (χ2n) is 10.6. The van der Waals surface area contributed by atoms with Crippen molar-refractivity contribution in [1.29, 1.82) is 0 Å². The van der Waals surface area contributed by atoms with Crippen LogP contribution in [0.15, 0.2) is 60.7 Å². The second-order valence-corrected chi connectivity index (χ2v) is 22.3. The van der Waals surface area contributed by atoms with E-state index in [1.807, 2.05) is 32.9 Å². The van der Waals surface area contributed by atoms with Crippen LogP contribution in [0.25, 0.3) is 0 Å².